The summed E-state index contributed by atoms with van der Waals surface area (Å²) in [7, 11) is 1.39. The summed E-state index contributed by atoms with van der Waals surface area (Å²) in [5.41, 5.74) is 0. The van der Waals surface area contributed by atoms with Crippen molar-refractivity contribution < 1.29 is 13.9 Å². The van der Waals surface area contributed by atoms with Gasteiger partial charge in [-0.3, -0.25) is 4.79 Å². The fraction of sp³-hybridized carbons (Fsp3) is 0.900. The van der Waals surface area contributed by atoms with Crippen LogP contribution in [0.5, 0.6) is 0 Å². The molecule has 74 valence electrons. The smallest absolute Gasteiger partial charge is 0.309 e. The van der Waals surface area contributed by atoms with Crippen LogP contribution in [0.25, 0.3) is 0 Å². The minimum Gasteiger partial charge on any atom is -0.469 e. The Balaban J connectivity index is 2.10. The Morgan fingerprint density at radius 2 is 2.15 bits per heavy atom. The summed E-state index contributed by atoms with van der Waals surface area (Å²) in [4.78, 5) is 11.3. The van der Waals surface area contributed by atoms with Gasteiger partial charge in [-0.25, -0.2) is 4.39 Å². The maximum Gasteiger partial charge on any atom is 0.309 e. The number of fused-ring (bicyclic) bond motifs is 3. The molecule has 0 radical (unpaired) electrons. The van der Waals surface area contributed by atoms with Crippen molar-refractivity contribution in [2.45, 2.75) is 31.9 Å². The predicted molar refractivity (Wildman–Crippen MR) is 45.9 cm³/mol. The zero-order valence-corrected chi connectivity index (χ0v) is 7.83. The van der Waals surface area contributed by atoms with Crippen LogP contribution in [0.1, 0.15) is 25.7 Å². The molecular formula is C10H15FO2. The lowest BCUT2D eigenvalue weighted by Crippen LogP contribution is -2.43. The van der Waals surface area contributed by atoms with Gasteiger partial charge in [0, 0.05) is 5.92 Å². The zero-order chi connectivity index (χ0) is 9.42. The molecule has 4 atom stereocenters. The van der Waals surface area contributed by atoms with Gasteiger partial charge in [0.2, 0.25) is 0 Å². The molecular weight excluding hydrogens is 171 g/mol. The Labute approximate surface area is 77.5 Å². The Morgan fingerprint density at radius 1 is 1.38 bits per heavy atom. The van der Waals surface area contributed by atoms with Crippen molar-refractivity contribution in [3.8, 4) is 0 Å². The monoisotopic (exact) mass is 186 g/mol. The number of rotatable bonds is 1. The number of hydrogen-bond acceptors (Lipinski definition) is 2. The van der Waals surface area contributed by atoms with Crippen LogP contribution >= 0.6 is 0 Å². The molecule has 0 unspecified atom stereocenters. The van der Waals surface area contributed by atoms with Gasteiger partial charge >= 0.3 is 5.97 Å². The highest BCUT2D eigenvalue weighted by atomic mass is 19.1. The molecule has 0 saturated heterocycles. The molecule has 3 aliphatic carbocycles. The summed E-state index contributed by atoms with van der Waals surface area (Å²) in [6.07, 6.45) is 2.71. The van der Waals surface area contributed by atoms with Crippen molar-refractivity contribution in [1.29, 1.82) is 0 Å². The number of hydrogen-bond donors (Lipinski definition) is 0. The number of alkyl halides is 1. The van der Waals surface area contributed by atoms with Crippen LogP contribution in [-0.4, -0.2) is 19.3 Å². The van der Waals surface area contributed by atoms with E-state index in [1.54, 1.807) is 0 Å². The molecule has 0 aromatic heterocycles. The molecule has 3 saturated carbocycles. The van der Waals surface area contributed by atoms with E-state index in [1.165, 1.54) is 7.11 Å². The van der Waals surface area contributed by atoms with Gasteiger partial charge in [-0.05, 0) is 31.6 Å². The van der Waals surface area contributed by atoms with Crippen molar-refractivity contribution in [3.63, 3.8) is 0 Å². The van der Waals surface area contributed by atoms with Gasteiger partial charge in [-0.2, -0.15) is 0 Å². The second kappa shape index (κ2) is 3.28. The first kappa shape index (κ1) is 8.97. The lowest BCUT2D eigenvalue weighted by Gasteiger charge is -2.42. The average Bonchev–Trinajstić information content (AvgIpc) is 2.17. The van der Waals surface area contributed by atoms with Crippen LogP contribution in [0.15, 0.2) is 0 Å². The Morgan fingerprint density at radius 3 is 2.69 bits per heavy atom. The molecule has 2 nitrogen and oxygen atoms in total. The zero-order valence-electron chi connectivity index (χ0n) is 7.83. The van der Waals surface area contributed by atoms with E-state index in [2.05, 4.69) is 4.74 Å². The number of halogens is 1. The fourth-order valence-corrected chi connectivity index (χ4v) is 2.84. The van der Waals surface area contributed by atoms with E-state index in [-0.39, 0.29) is 17.8 Å². The van der Waals surface area contributed by atoms with Gasteiger partial charge < -0.3 is 4.74 Å². The summed E-state index contributed by atoms with van der Waals surface area (Å²) < 4.78 is 18.1. The van der Waals surface area contributed by atoms with Crippen LogP contribution in [0.3, 0.4) is 0 Å². The van der Waals surface area contributed by atoms with E-state index >= 15 is 0 Å². The molecule has 3 rings (SSSR count). The third kappa shape index (κ3) is 1.45. The third-order valence-corrected chi connectivity index (χ3v) is 3.54. The van der Waals surface area contributed by atoms with Gasteiger partial charge in [0.25, 0.3) is 0 Å². The maximum absolute atomic E-state index is 13.4. The van der Waals surface area contributed by atoms with Gasteiger partial charge in [0.1, 0.15) is 6.17 Å². The molecule has 0 N–H and O–H groups in total. The topological polar surface area (TPSA) is 26.3 Å². The summed E-state index contributed by atoms with van der Waals surface area (Å²) in [6.45, 7) is 0. The fourth-order valence-electron chi connectivity index (χ4n) is 2.84. The first-order valence-corrected chi connectivity index (χ1v) is 4.94. The minimum absolute atomic E-state index is 0.0579. The van der Waals surface area contributed by atoms with Crippen molar-refractivity contribution in [1.82, 2.24) is 0 Å². The molecule has 2 bridgehead atoms. The first-order chi connectivity index (χ1) is 6.22. The SMILES string of the molecule is COC(=O)[C@H]1C[C@H]2CC[C@@H]1[C@H](F)C2. The lowest BCUT2D eigenvalue weighted by atomic mass is 9.64. The quantitative estimate of drug-likeness (QED) is 0.585. The number of esters is 1. The van der Waals surface area contributed by atoms with Gasteiger partial charge in [-0.1, -0.05) is 0 Å². The summed E-state index contributed by atoms with van der Waals surface area (Å²) >= 11 is 0. The van der Waals surface area contributed by atoms with E-state index < -0.39 is 6.17 Å². The molecule has 13 heavy (non-hydrogen) atoms. The Kier molecular flexibility index (Phi) is 2.26. The lowest BCUT2D eigenvalue weighted by molar-refractivity contribution is -0.154. The van der Waals surface area contributed by atoms with Crippen LogP contribution in [-0.2, 0) is 9.53 Å². The molecule has 0 aromatic rings. The van der Waals surface area contributed by atoms with Gasteiger partial charge in [0.15, 0.2) is 0 Å². The second-order valence-corrected chi connectivity index (χ2v) is 4.22. The normalized spacial score (nSPS) is 43.2. The van der Waals surface area contributed by atoms with Crippen molar-refractivity contribution in [2.24, 2.45) is 17.8 Å². The summed E-state index contributed by atoms with van der Waals surface area (Å²) in [5.74, 6) is -0.00824. The van der Waals surface area contributed by atoms with Gasteiger partial charge in [0.05, 0.1) is 13.0 Å². The number of carbonyl (C=O) groups excluding carboxylic acids is 1. The number of carbonyl (C=O) groups is 1. The van der Waals surface area contributed by atoms with Crippen LogP contribution < -0.4 is 0 Å². The van der Waals surface area contributed by atoms with E-state index in [0.717, 1.165) is 19.3 Å². The van der Waals surface area contributed by atoms with Crippen molar-refractivity contribution in [2.75, 3.05) is 7.11 Å². The number of methoxy groups -OCH3 is 1. The highest BCUT2D eigenvalue weighted by molar-refractivity contribution is 5.73. The third-order valence-electron chi connectivity index (χ3n) is 3.54. The largest absolute Gasteiger partial charge is 0.469 e. The van der Waals surface area contributed by atoms with E-state index in [0.29, 0.717) is 12.3 Å². The van der Waals surface area contributed by atoms with E-state index in [9.17, 15) is 9.18 Å². The van der Waals surface area contributed by atoms with E-state index in [4.69, 9.17) is 0 Å². The molecule has 0 heterocycles. The molecule has 3 aliphatic rings. The highest BCUT2D eigenvalue weighted by Gasteiger charge is 2.45. The molecule has 0 amide bonds. The summed E-state index contributed by atoms with van der Waals surface area (Å²) in [6, 6.07) is 0. The second-order valence-electron chi connectivity index (χ2n) is 4.22. The highest BCUT2D eigenvalue weighted by Crippen LogP contribution is 2.46. The predicted octanol–water partition coefficient (Wildman–Crippen LogP) is 1.93. The van der Waals surface area contributed by atoms with Crippen LogP contribution in [0, 0.1) is 17.8 Å². The molecule has 0 spiro atoms. The summed E-state index contributed by atoms with van der Waals surface area (Å²) in [5, 5.41) is 0. The maximum atomic E-state index is 13.4. The van der Waals surface area contributed by atoms with E-state index in [1.807, 2.05) is 0 Å². The molecule has 0 aliphatic heterocycles. The van der Waals surface area contributed by atoms with Crippen LogP contribution in [0.2, 0.25) is 0 Å². The Hall–Kier alpha value is -0.600. The first-order valence-electron chi connectivity index (χ1n) is 4.94. The standard InChI is InChI=1S/C10H15FO2/c1-13-10(12)8-4-6-2-3-7(8)9(11)5-6/h6-9H,2-5H2,1H3/t6-,7+,8+,9-/m1/s1. The Bertz CT molecular complexity index is 217. The molecule has 3 fully saturated rings. The average molecular weight is 186 g/mol. The minimum atomic E-state index is -0.767. The molecule has 3 heteroatoms. The van der Waals surface area contributed by atoms with Crippen molar-refractivity contribution >= 4 is 5.97 Å². The van der Waals surface area contributed by atoms with Crippen LogP contribution in [0.4, 0.5) is 4.39 Å². The van der Waals surface area contributed by atoms with Gasteiger partial charge in [-0.15, -0.1) is 0 Å². The molecule has 0 aromatic carbocycles. The number of ether oxygens (including phenoxy) is 1. The van der Waals surface area contributed by atoms with Crippen molar-refractivity contribution in [3.05, 3.63) is 0 Å².